The largest absolute Gasteiger partial charge is 0.481 e. The summed E-state index contributed by atoms with van der Waals surface area (Å²) in [4.78, 5) is 23.7. The lowest BCUT2D eigenvalue weighted by Gasteiger charge is -2.54. The summed E-state index contributed by atoms with van der Waals surface area (Å²) >= 11 is 0. The van der Waals surface area contributed by atoms with Crippen LogP contribution in [-0.4, -0.2) is 52.9 Å². The minimum absolute atomic E-state index is 0.122. The van der Waals surface area contributed by atoms with Crippen LogP contribution in [0.5, 0.6) is 0 Å². The van der Waals surface area contributed by atoms with Crippen LogP contribution in [0, 0.1) is 17.8 Å². The molecule has 1 unspecified atom stereocenters. The van der Waals surface area contributed by atoms with Gasteiger partial charge in [0.1, 0.15) is 17.7 Å². The first-order chi connectivity index (χ1) is 13.7. The van der Waals surface area contributed by atoms with Gasteiger partial charge in [0.05, 0.1) is 12.6 Å². The van der Waals surface area contributed by atoms with Crippen molar-refractivity contribution < 1.29 is 23.1 Å². The van der Waals surface area contributed by atoms with Gasteiger partial charge in [0.15, 0.2) is 0 Å². The van der Waals surface area contributed by atoms with E-state index >= 15 is 0 Å². The van der Waals surface area contributed by atoms with Crippen LogP contribution < -0.4 is 9.80 Å². The minimum Gasteiger partial charge on any atom is -0.481 e. The van der Waals surface area contributed by atoms with Gasteiger partial charge in [0, 0.05) is 31.5 Å². The number of halogens is 3. The summed E-state index contributed by atoms with van der Waals surface area (Å²) < 4.78 is 43.1. The molecule has 3 aliphatic heterocycles. The summed E-state index contributed by atoms with van der Waals surface area (Å²) in [5.41, 5.74) is 0.297. The van der Waals surface area contributed by atoms with Crippen molar-refractivity contribution in [2.75, 3.05) is 29.4 Å². The minimum atomic E-state index is -3.01. The number of hydrogen-bond acceptors (Lipinski definition) is 5. The Labute approximate surface area is 167 Å². The number of carbonyl (C=O) groups is 1. The standard InChI is InChI=1S/C20H25F3N4O2/c1-10-15(21)9-27(10)19-24-17-13(3-2-4-20(17,22)23)18(25-19)26-7-11-5-12(8-26)14(11)6-16(28)29/h10-12,14-15H,2-9H2,1H3,(H,28,29)/t10-,11-,12+,14-,15?/m0/s1. The molecule has 3 saturated heterocycles. The Morgan fingerprint density at radius 3 is 2.59 bits per heavy atom. The van der Waals surface area contributed by atoms with Crippen molar-refractivity contribution in [1.82, 2.24) is 9.97 Å². The smallest absolute Gasteiger partial charge is 0.303 e. The van der Waals surface area contributed by atoms with E-state index in [4.69, 9.17) is 5.11 Å². The molecule has 0 amide bonds. The van der Waals surface area contributed by atoms with Crippen molar-refractivity contribution >= 4 is 17.7 Å². The molecule has 2 bridgehead atoms. The average molecular weight is 410 g/mol. The number of carboxylic acid groups (broad SMARTS) is 1. The highest BCUT2D eigenvalue weighted by Crippen LogP contribution is 2.50. The number of aromatic nitrogens is 2. The van der Waals surface area contributed by atoms with Crippen molar-refractivity contribution in [2.45, 2.75) is 57.2 Å². The highest BCUT2D eigenvalue weighted by Gasteiger charge is 2.49. The quantitative estimate of drug-likeness (QED) is 0.823. The van der Waals surface area contributed by atoms with Crippen LogP contribution in [0.15, 0.2) is 0 Å². The van der Waals surface area contributed by atoms with E-state index in [1.165, 1.54) is 0 Å². The fourth-order valence-electron chi connectivity index (χ4n) is 5.51. The summed E-state index contributed by atoms with van der Waals surface area (Å²) in [6.07, 6.45) is 0.799. The van der Waals surface area contributed by atoms with Crippen LogP contribution >= 0.6 is 0 Å². The van der Waals surface area contributed by atoms with Crippen LogP contribution in [0.4, 0.5) is 24.9 Å². The summed E-state index contributed by atoms with van der Waals surface area (Å²) in [6.45, 7) is 3.09. The van der Waals surface area contributed by atoms with Crippen molar-refractivity contribution in [2.24, 2.45) is 17.8 Å². The molecular formula is C20H25F3N4O2. The molecule has 0 radical (unpaired) electrons. The zero-order valence-corrected chi connectivity index (χ0v) is 16.3. The number of piperidine rings is 2. The molecule has 1 aromatic rings. The first kappa shape index (κ1) is 18.9. The van der Waals surface area contributed by atoms with Crippen LogP contribution in [-0.2, 0) is 17.1 Å². The summed E-state index contributed by atoms with van der Waals surface area (Å²) in [5, 5.41) is 9.13. The van der Waals surface area contributed by atoms with E-state index in [1.54, 1.807) is 11.8 Å². The highest BCUT2D eigenvalue weighted by molar-refractivity contribution is 5.67. The Morgan fingerprint density at radius 2 is 1.97 bits per heavy atom. The van der Waals surface area contributed by atoms with E-state index < -0.39 is 24.1 Å². The monoisotopic (exact) mass is 410 g/mol. The lowest BCUT2D eigenvalue weighted by Crippen LogP contribution is -2.58. The lowest BCUT2D eigenvalue weighted by atomic mass is 9.60. The Bertz CT molecular complexity index is 839. The Balaban J connectivity index is 1.49. The Kier molecular flexibility index (Phi) is 4.22. The maximum Gasteiger partial charge on any atom is 0.303 e. The molecule has 1 saturated carbocycles. The molecule has 0 aromatic carbocycles. The van der Waals surface area contributed by atoms with Crippen LogP contribution in [0.1, 0.15) is 43.9 Å². The third-order valence-corrected chi connectivity index (χ3v) is 7.32. The fraction of sp³-hybridized carbons (Fsp3) is 0.750. The highest BCUT2D eigenvalue weighted by atomic mass is 19.3. The van der Waals surface area contributed by atoms with Gasteiger partial charge in [0.25, 0.3) is 5.92 Å². The molecule has 1 N–H and O–H groups in total. The molecular weight excluding hydrogens is 385 g/mol. The van der Waals surface area contributed by atoms with Crippen LogP contribution in [0.2, 0.25) is 0 Å². The van der Waals surface area contributed by atoms with Crippen molar-refractivity contribution in [3.8, 4) is 0 Å². The fourth-order valence-corrected chi connectivity index (χ4v) is 5.51. The molecule has 158 valence electrons. The van der Waals surface area contributed by atoms with E-state index in [0.717, 1.165) is 6.42 Å². The van der Waals surface area contributed by atoms with E-state index in [0.29, 0.717) is 37.3 Å². The molecule has 5 aliphatic rings. The van der Waals surface area contributed by atoms with Gasteiger partial charge in [0.2, 0.25) is 5.95 Å². The first-order valence-electron chi connectivity index (χ1n) is 10.4. The predicted octanol–water partition coefficient (Wildman–Crippen LogP) is 3.00. The SMILES string of the molecule is C[C@H]1C(F)CN1c1nc(N2C[C@H]3C[C@@H](C2)[C@@H]3CC(=O)O)c2c(n1)C(F)(F)CCC2. The Hall–Kier alpha value is -2.06. The van der Waals surface area contributed by atoms with E-state index in [2.05, 4.69) is 9.97 Å². The van der Waals surface area contributed by atoms with Gasteiger partial charge in [-0.15, -0.1) is 0 Å². The number of carboxylic acids is 1. The molecule has 4 fully saturated rings. The summed E-state index contributed by atoms with van der Waals surface area (Å²) in [5.74, 6) is -2.40. The average Bonchev–Trinajstić information content (AvgIpc) is 2.69. The van der Waals surface area contributed by atoms with E-state index in [9.17, 15) is 18.0 Å². The number of aliphatic carboxylic acids is 1. The van der Waals surface area contributed by atoms with Crippen molar-refractivity contribution in [3.05, 3.63) is 11.3 Å². The molecule has 2 aliphatic carbocycles. The molecule has 5 atom stereocenters. The van der Waals surface area contributed by atoms with Gasteiger partial charge in [-0.2, -0.15) is 13.8 Å². The van der Waals surface area contributed by atoms with Crippen molar-refractivity contribution in [3.63, 3.8) is 0 Å². The zero-order valence-electron chi connectivity index (χ0n) is 16.3. The lowest BCUT2D eigenvalue weighted by molar-refractivity contribution is -0.141. The second kappa shape index (κ2) is 6.47. The molecule has 1 aromatic heterocycles. The third-order valence-electron chi connectivity index (χ3n) is 7.32. The van der Waals surface area contributed by atoms with Gasteiger partial charge in [-0.3, -0.25) is 4.79 Å². The normalized spacial score (nSPS) is 34.8. The van der Waals surface area contributed by atoms with Gasteiger partial charge >= 0.3 is 5.97 Å². The second-order valence-corrected chi connectivity index (χ2v) is 9.06. The predicted molar refractivity (Wildman–Crippen MR) is 100 cm³/mol. The summed E-state index contributed by atoms with van der Waals surface area (Å²) in [7, 11) is 0. The van der Waals surface area contributed by atoms with Gasteiger partial charge in [-0.05, 0) is 43.9 Å². The van der Waals surface area contributed by atoms with Crippen LogP contribution in [0.25, 0.3) is 0 Å². The van der Waals surface area contributed by atoms with Gasteiger partial charge in [-0.1, -0.05) is 0 Å². The van der Waals surface area contributed by atoms with Crippen molar-refractivity contribution in [1.29, 1.82) is 0 Å². The topological polar surface area (TPSA) is 69.6 Å². The van der Waals surface area contributed by atoms with Gasteiger partial charge < -0.3 is 14.9 Å². The first-order valence-corrected chi connectivity index (χ1v) is 10.4. The Morgan fingerprint density at radius 1 is 1.24 bits per heavy atom. The molecule has 4 heterocycles. The molecule has 9 heteroatoms. The van der Waals surface area contributed by atoms with E-state index in [-0.39, 0.29) is 48.8 Å². The van der Waals surface area contributed by atoms with E-state index in [1.807, 2.05) is 4.90 Å². The number of alkyl halides is 3. The number of rotatable bonds is 4. The van der Waals surface area contributed by atoms with Crippen LogP contribution in [0.3, 0.4) is 0 Å². The van der Waals surface area contributed by atoms with Gasteiger partial charge in [-0.25, -0.2) is 9.37 Å². The molecule has 6 rings (SSSR count). The maximum absolute atomic E-state index is 14.7. The summed E-state index contributed by atoms with van der Waals surface area (Å²) in [6, 6.07) is -0.423. The second-order valence-electron chi connectivity index (χ2n) is 9.06. The zero-order chi connectivity index (χ0) is 20.5. The maximum atomic E-state index is 14.7. The third kappa shape index (κ3) is 2.95. The number of anilines is 2. The molecule has 0 spiro atoms. The number of hydrogen-bond donors (Lipinski definition) is 1. The number of nitrogens with zero attached hydrogens (tertiary/aromatic N) is 4. The molecule has 29 heavy (non-hydrogen) atoms. The number of fused-ring (bicyclic) bond motifs is 3. The molecule has 6 nitrogen and oxygen atoms in total.